The number of hydrogen-bond donors (Lipinski definition) is 0. The number of rotatable bonds is 22. The normalized spacial score (nSPS) is 12.7. The van der Waals surface area contributed by atoms with Crippen molar-refractivity contribution in [2.75, 3.05) is 0 Å². The van der Waals surface area contributed by atoms with Gasteiger partial charge in [0.1, 0.15) is 0 Å². The Morgan fingerprint density at radius 1 is 0.561 bits per heavy atom. The van der Waals surface area contributed by atoms with Crippen LogP contribution < -0.4 is 20.4 Å². The average Bonchev–Trinajstić information content (AvgIpc) is 2.92. The summed E-state index contributed by atoms with van der Waals surface area (Å²) in [5, 5.41) is 42.0. The number of carbonyl (C=O) groups is 4. The van der Waals surface area contributed by atoms with Gasteiger partial charge in [0.15, 0.2) is 0 Å². The molecule has 0 aromatic rings. The Labute approximate surface area is 259 Å². The molecule has 0 bridgehead atoms. The molecule has 0 N–H and O–H groups in total. The SMILES string of the molecule is CCCCC(CC)C/C(=C/C(=O)[O-])C(=O)[O-].CCCCC(CC)C/C(=C/C(=O)[O-])C(=O)[O-].CCC[CH2][Sn+4][CH2]CCC. The van der Waals surface area contributed by atoms with Crippen molar-refractivity contribution < 1.29 is 39.6 Å². The van der Waals surface area contributed by atoms with Crippen molar-refractivity contribution in [3.8, 4) is 0 Å². The maximum absolute atomic E-state index is 10.7. The van der Waals surface area contributed by atoms with Gasteiger partial charge in [0.05, 0.1) is 23.9 Å². The van der Waals surface area contributed by atoms with E-state index in [0.717, 1.165) is 51.4 Å². The molecule has 234 valence electrons. The molecule has 9 heteroatoms. The second-order valence-corrected chi connectivity index (χ2v) is 14.5. The van der Waals surface area contributed by atoms with Crippen LogP contribution in [0.2, 0.25) is 8.87 Å². The Bertz CT molecular complexity index is 699. The van der Waals surface area contributed by atoms with E-state index in [1.165, 1.54) is 25.7 Å². The molecule has 0 heterocycles. The third-order valence-electron chi connectivity index (χ3n) is 6.63. The minimum atomic E-state index is -1.48. The van der Waals surface area contributed by atoms with Gasteiger partial charge in [-0.1, -0.05) is 79.1 Å². The van der Waals surface area contributed by atoms with Crippen LogP contribution in [0.4, 0.5) is 0 Å². The third kappa shape index (κ3) is 30.9. The Morgan fingerprint density at radius 3 is 1.10 bits per heavy atom. The number of aliphatic carboxylic acids is 4. The zero-order chi connectivity index (χ0) is 32.1. The van der Waals surface area contributed by atoms with Gasteiger partial charge in [0.2, 0.25) is 0 Å². The summed E-state index contributed by atoms with van der Waals surface area (Å²) in [4.78, 5) is 42.0. The summed E-state index contributed by atoms with van der Waals surface area (Å²) in [6.07, 6.45) is 15.2. The standard InChI is InChI=1S/2C12H20O4.2C4H9.Sn/c2*1-3-5-6-9(4-2)7-10(12(15)16)8-11(13)14;2*1-3-4-2;/h2*8-9H,3-7H2,1-2H3,(H,13,14)(H,15,16);2*1,3-4H2,2H3;/q;;;;+4/p-4/b2*10-8-;;;. The number of carboxylic acids is 4. The molecule has 0 saturated carbocycles. The summed E-state index contributed by atoms with van der Waals surface area (Å²) in [5.74, 6) is -5.40. The van der Waals surface area contributed by atoms with E-state index in [1.54, 1.807) is 8.87 Å². The molecule has 0 aliphatic heterocycles. The fourth-order valence-electron chi connectivity index (χ4n) is 3.92. The predicted octanol–water partition coefficient (Wildman–Crippen LogP) is 3.17. The fraction of sp³-hybridized carbons (Fsp3) is 0.750. The number of carbonyl (C=O) groups excluding carboxylic acids is 4. The Hall–Kier alpha value is -1.84. The Morgan fingerprint density at radius 2 is 0.878 bits per heavy atom. The Kier molecular flexibility index (Phi) is 33.1. The first kappa shape index (κ1) is 43.6. The zero-order valence-electron chi connectivity index (χ0n) is 26.4. The molecule has 0 rings (SSSR count). The fourth-order valence-corrected chi connectivity index (χ4v) is 8.08. The monoisotopic (exact) mass is 686 g/mol. The van der Waals surface area contributed by atoms with Crippen molar-refractivity contribution in [1.82, 2.24) is 0 Å². The van der Waals surface area contributed by atoms with Gasteiger partial charge >= 0.3 is 69.5 Å². The minimum absolute atomic E-state index is 0.149. The van der Waals surface area contributed by atoms with Gasteiger partial charge in [-0.15, -0.1) is 0 Å². The van der Waals surface area contributed by atoms with Crippen LogP contribution >= 0.6 is 0 Å². The number of unbranched alkanes of at least 4 members (excludes halogenated alkanes) is 4. The number of hydrogen-bond acceptors (Lipinski definition) is 8. The van der Waals surface area contributed by atoms with Gasteiger partial charge in [0, 0.05) is 0 Å². The van der Waals surface area contributed by atoms with Crippen LogP contribution in [0.5, 0.6) is 0 Å². The first-order valence-corrected chi connectivity index (χ1v) is 19.4. The first-order chi connectivity index (χ1) is 19.4. The third-order valence-corrected chi connectivity index (χ3v) is 10.7. The quantitative estimate of drug-likeness (QED) is 0.0955. The molecule has 0 aliphatic carbocycles. The van der Waals surface area contributed by atoms with E-state index in [4.69, 9.17) is 0 Å². The summed E-state index contributed by atoms with van der Waals surface area (Å²) >= 11 is 0.149. The predicted molar refractivity (Wildman–Crippen MR) is 157 cm³/mol. The molecule has 0 aromatic heterocycles. The topological polar surface area (TPSA) is 161 Å². The summed E-state index contributed by atoms with van der Waals surface area (Å²) in [5.41, 5.74) is -0.356. The Balaban J connectivity index is -0.000000551. The molecule has 0 amide bonds. The van der Waals surface area contributed by atoms with Crippen LogP contribution in [0.15, 0.2) is 23.3 Å². The molecular formula is C32H54O8Sn. The van der Waals surface area contributed by atoms with E-state index in [-0.39, 0.29) is 57.0 Å². The van der Waals surface area contributed by atoms with Crippen molar-refractivity contribution in [3.63, 3.8) is 0 Å². The van der Waals surface area contributed by atoms with Gasteiger partial charge < -0.3 is 39.6 Å². The van der Waals surface area contributed by atoms with E-state index < -0.39 is 23.9 Å². The molecular weight excluding hydrogens is 631 g/mol. The van der Waals surface area contributed by atoms with Crippen LogP contribution in [0.1, 0.15) is 131 Å². The second kappa shape index (κ2) is 31.1. The molecule has 8 nitrogen and oxygen atoms in total. The van der Waals surface area contributed by atoms with E-state index in [0.29, 0.717) is 12.2 Å². The molecule has 2 atom stereocenters. The molecule has 0 spiro atoms. The van der Waals surface area contributed by atoms with Crippen LogP contribution in [-0.2, 0) is 19.2 Å². The molecule has 2 unspecified atom stereocenters. The summed E-state index contributed by atoms with van der Waals surface area (Å²) in [6, 6.07) is 0. The van der Waals surface area contributed by atoms with E-state index >= 15 is 0 Å². The van der Waals surface area contributed by atoms with Crippen LogP contribution in [0, 0.1) is 11.8 Å². The van der Waals surface area contributed by atoms with Gasteiger partial charge in [-0.05, 0) is 48.0 Å². The van der Waals surface area contributed by atoms with Crippen molar-refractivity contribution in [2.45, 2.75) is 140 Å². The maximum atomic E-state index is 10.7. The van der Waals surface area contributed by atoms with E-state index in [9.17, 15) is 39.6 Å². The van der Waals surface area contributed by atoms with Crippen LogP contribution in [0.25, 0.3) is 0 Å². The van der Waals surface area contributed by atoms with Crippen molar-refractivity contribution in [3.05, 3.63) is 23.3 Å². The molecule has 0 fully saturated rings. The van der Waals surface area contributed by atoms with Gasteiger partial charge in [0.25, 0.3) is 0 Å². The number of carboxylic acid groups (broad SMARTS) is 4. The average molecular weight is 685 g/mol. The molecule has 0 aromatic carbocycles. The van der Waals surface area contributed by atoms with Crippen molar-refractivity contribution in [1.29, 1.82) is 0 Å². The zero-order valence-corrected chi connectivity index (χ0v) is 29.2. The van der Waals surface area contributed by atoms with Gasteiger partial charge in [-0.3, -0.25) is 0 Å². The summed E-state index contributed by atoms with van der Waals surface area (Å²) in [7, 11) is 0. The van der Waals surface area contributed by atoms with Crippen LogP contribution in [0.3, 0.4) is 0 Å². The van der Waals surface area contributed by atoms with Gasteiger partial charge in [-0.25, -0.2) is 0 Å². The summed E-state index contributed by atoms with van der Waals surface area (Å²) in [6.45, 7) is 12.6. The summed E-state index contributed by atoms with van der Waals surface area (Å²) < 4.78 is 3.25. The first-order valence-electron chi connectivity index (χ1n) is 15.4. The van der Waals surface area contributed by atoms with E-state index in [1.807, 2.05) is 13.8 Å². The molecule has 0 saturated heterocycles. The second-order valence-electron chi connectivity index (χ2n) is 10.3. The van der Waals surface area contributed by atoms with Crippen molar-refractivity contribution >= 4 is 45.0 Å². The molecule has 0 aliphatic rings. The van der Waals surface area contributed by atoms with Crippen molar-refractivity contribution in [2.24, 2.45) is 11.8 Å². The van der Waals surface area contributed by atoms with E-state index in [2.05, 4.69) is 27.7 Å². The molecule has 6 radical (unpaired) electrons. The van der Waals surface area contributed by atoms with Crippen LogP contribution in [-0.4, -0.2) is 45.0 Å². The molecule has 41 heavy (non-hydrogen) atoms. The van der Waals surface area contributed by atoms with Gasteiger partial charge in [-0.2, -0.15) is 0 Å².